The second kappa shape index (κ2) is 7.45. The Balaban J connectivity index is 1.46. The Morgan fingerprint density at radius 3 is 2.24 bits per heavy atom. The van der Waals surface area contributed by atoms with Crippen LogP contribution < -0.4 is 0 Å². The first kappa shape index (κ1) is 17.0. The lowest BCUT2D eigenvalue weighted by Gasteiger charge is -2.46. The normalized spacial score (nSPS) is 35.1. The SMILES string of the molecule is O[C@@H]1[C@@H](O)[C@@H](Sc2ccccc2)O[C@@H]2CO[C@H](c3ccccc3)O[C@@H]12. The fourth-order valence-electron chi connectivity index (χ4n) is 3.09. The van der Waals surface area contributed by atoms with Gasteiger partial charge in [-0.05, 0) is 12.1 Å². The van der Waals surface area contributed by atoms with Crippen molar-refractivity contribution in [2.45, 2.75) is 41.0 Å². The van der Waals surface area contributed by atoms with Gasteiger partial charge >= 0.3 is 0 Å². The highest BCUT2D eigenvalue weighted by Gasteiger charge is 2.49. The predicted molar refractivity (Wildman–Crippen MR) is 93.0 cm³/mol. The number of rotatable bonds is 3. The van der Waals surface area contributed by atoms with Gasteiger partial charge in [0.05, 0.1) is 6.61 Å². The average Bonchev–Trinajstić information content (AvgIpc) is 2.67. The van der Waals surface area contributed by atoms with Gasteiger partial charge < -0.3 is 24.4 Å². The van der Waals surface area contributed by atoms with E-state index in [0.29, 0.717) is 6.61 Å². The molecule has 2 saturated heterocycles. The van der Waals surface area contributed by atoms with Crippen LogP contribution in [-0.4, -0.2) is 46.7 Å². The van der Waals surface area contributed by atoms with Gasteiger partial charge in [-0.3, -0.25) is 0 Å². The van der Waals surface area contributed by atoms with Gasteiger partial charge in [0.2, 0.25) is 0 Å². The van der Waals surface area contributed by atoms with Gasteiger partial charge in [0, 0.05) is 10.5 Å². The minimum absolute atomic E-state index is 0.305. The Morgan fingerprint density at radius 2 is 1.52 bits per heavy atom. The molecule has 132 valence electrons. The Labute approximate surface area is 150 Å². The van der Waals surface area contributed by atoms with Crippen LogP contribution in [-0.2, 0) is 14.2 Å². The Hall–Kier alpha value is -1.41. The summed E-state index contributed by atoms with van der Waals surface area (Å²) in [5, 5.41) is 21.0. The minimum Gasteiger partial charge on any atom is -0.387 e. The van der Waals surface area contributed by atoms with Crippen molar-refractivity contribution in [3.63, 3.8) is 0 Å². The summed E-state index contributed by atoms with van der Waals surface area (Å²) in [6, 6.07) is 19.2. The van der Waals surface area contributed by atoms with Gasteiger partial charge in [0.25, 0.3) is 0 Å². The summed E-state index contributed by atoms with van der Waals surface area (Å²) in [4.78, 5) is 0.969. The van der Waals surface area contributed by atoms with E-state index in [0.717, 1.165) is 10.5 Å². The monoisotopic (exact) mass is 360 g/mol. The van der Waals surface area contributed by atoms with Crippen molar-refractivity contribution in [3.8, 4) is 0 Å². The van der Waals surface area contributed by atoms with Crippen molar-refractivity contribution >= 4 is 11.8 Å². The lowest BCUT2D eigenvalue weighted by molar-refractivity contribution is -0.318. The molecule has 2 N–H and O–H groups in total. The van der Waals surface area contributed by atoms with Crippen LogP contribution in [0.3, 0.4) is 0 Å². The Kier molecular flexibility index (Phi) is 5.08. The van der Waals surface area contributed by atoms with Gasteiger partial charge in [-0.1, -0.05) is 60.3 Å². The fraction of sp³-hybridized carbons (Fsp3) is 0.368. The molecule has 4 rings (SSSR count). The molecular weight excluding hydrogens is 340 g/mol. The first-order valence-corrected chi connectivity index (χ1v) is 9.15. The van der Waals surface area contributed by atoms with Gasteiger partial charge in [0.15, 0.2) is 6.29 Å². The molecule has 0 radical (unpaired) electrons. The van der Waals surface area contributed by atoms with Gasteiger partial charge in [0.1, 0.15) is 29.9 Å². The third-order valence-electron chi connectivity index (χ3n) is 4.40. The van der Waals surface area contributed by atoms with E-state index in [1.54, 1.807) is 0 Å². The summed E-state index contributed by atoms with van der Waals surface area (Å²) in [7, 11) is 0. The fourth-order valence-corrected chi connectivity index (χ4v) is 4.17. The van der Waals surface area contributed by atoms with E-state index in [1.807, 2.05) is 60.7 Å². The second-order valence-electron chi connectivity index (χ2n) is 6.13. The lowest BCUT2D eigenvalue weighted by atomic mass is 9.99. The number of benzene rings is 2. The molecule has 0 unspecified atom stereocenters. The summed E-state index contributed by atoms with van der Waals surface area (Å²) in [6.45, 7) is 0.305. The van der Waals surface area contributed by atoms with E-state index in [1.165, 1.54) is 11.8 Å². The summed E-state index contributed by atoms with van der Waals surface area (Å²) in [6.07, 6.45) is -3.68. The number of thioether (sulfide) groups is 1. The van der Waals surface area contributed by atoms with Crippen molar-refractivity contribution in [3.05, 3.63) is 66.2 Å². The molecule has 2 heterocycles. The molecule has 0 spiro atoms. The molecule has 25 heavy (non-hydrogen) atoms. The Morgan fingerprint density at radius 1 is 0.840 bits per heavy atom. The number of fused-ring (bicyclic) bond motifs is 1. The average molecular weight is 360 g/mol. The molecule has 0 amide bonds. The van der Waals surface area contributed by atoms with Gasteiger partial charge in [-0.25, -0.2) is 0 Å². The van der Waals surface area contributed by atoms with E-state index in [2.05, 4.69) is 0 Å². The topological polar surface area (TPSA) is 68.2 Å². The van der Waals surface area contributed by atoms with Crippen molar-refractivity contribution in [2.24, 2.45) is 0 Å². The van der Waals surface area contributed by atoms with Crippen LogP contribution in [0.5, 0.6) is 0 Å². The van der Waals surface area contributed by atoms with E-state index < -0.39 is 36.1 Å². The van der Waals surface area contributed by atoms with Crippen LogP contribution in [0.2, 0.25) is 0 Å². The highest BCUT2D eigenvalue weighted by atomic mass is 32.2. The summed E-state index contributed by atoms with van der Waals surface area (Å²) >= 11 is 1.39. The Bertz CT molecular complexity index is 681. The number of hydrogen-bond donors (Lipinski definition) is 2. The lowest BCUT2D eigenvalue weighted by Crippen LogP contribution is -2.60. The maximum Gasteiger partial charge on any atom is 0.184 e. The van der Waals surface area contributed by atoms with E-state index >= 15 is 0 Å². The van der Waals surface area contributed by atoms with Crippen molar-refractivity contribution < 1.29 is 24.4 Å². The summed E-state index contributed by atoms with van der Waals surface area (Å²) < 4.78 is 17.6. The van der Waals surface area contributed by atoms with E-state index in [-0.39, 0.29) is 0 Å². The zero-order valence-corrected chi connectivity index (χ0v) is 14.3. The molecule has 2 aliphatic rings. The molecule has 0 bridgehead atoms. The van der Waals surface area contributed by atoms with Crippen molar-refractivity contribution in [1.29, 1.82) is 0 Å². The molecule has 2 aliphatic heterocycles. The predicted octanol–water partition coefficient (Wildman–Crippen LogP) is 2.34. The van der Waals surface area contributed by atoms with Crippen LogP contribution in [0, 0.1) is 0 Å². The molecule has 2 aromatic rings. The van der Waals surface area contributed by atoms with Crippen LogP contribution in [0.1, 0.15) is 11.9 Å². The molecule has 6 heteroatoms. The summed E-state index contributed by atoms with van der Waals surface area (Å²) in [5.74, 6) is 0. The molecular formula is C19H20O5S. The highest BCUT2D eigenvalue weighted by Crippen LogP contribution is 2.38. The zero-order chi connectivity index (χ0) is 17.2. The number of ether oxygens (including phenoxy) is 3. The quantitative estimate of drug-likeness (QED) is 0.876. The van der Waals surface area contributed by atoms with Gasteiger partial charge in [-0.2, -0.15) is 0 Å². The van der Waals surface area contributed by atoms with E-state index in [9.17, 15) is 10.2 Å². The second-order valence-corrected chi connectivity index (χ2v) is 7.30. The van der Waals surface area contributed by atoms with Crippen LogP contribution in [0.4, 0.5) is 0 Å². The molecule has 5 nitrogen and oxygen atoms in total. The first-order chi connectivity index (χ1) is 12.2. The minimum atomic E-state index is -1.04. The van der Waals surface area contributed by atoms with Crippen LogP contribution in [0.15, 0.2) is 65.6 Å². The largest absolute Gasteiger partial charge is 0.387 e. The van der Waals surface area contributed by atoms with Gasteiger partial charge in [-0.15, -0.1) is 0 Å². The van der Waals surface area contributed by atoms with Crippen LogP contribution in [0.25, 0.3) is 0 Å². The third kappa shape index (κ3) is 3.60. The number of hydrogen-bond acceptors (Lipinski definition) is 6. The van der Waals surface area contributed by atoms with Crippen molar-refractivity contribution in [1.82, 2.24) is 0 Å². The maximum atomic E-state index is 10.6. The van der Waals surface area contributed by atoms with Crippen molar-refractivity contribution in [2.75, 3.05) is 6.61 Å². The summed E-state index contributed by atoms with van der Waals surface area (Å²) in [5.41, 5.74) is 0.308. The first-order valence-electron chi connectivity index (χ1n) is 8.28. The smallest absolute Gasteiger partial charge is 0.184 e. The number of aliphatic hydroxyl groups excluding tert-OH is 2. The molecule has 2 aromatic carbocycles. The molecule has 0 saturated carbocycles. The third-order valence-corrected chi connectivity index (χ3v) is 5.57. The maximum absolute atomic E-state index is 10.6. The molecule has 0 aromatic heterocycles. The highest BCUT2D eigenvalue weighted by molar-refractivity contribution is 7.99. The molecule has 2 fully saturated rings. The number of aliphatic hydroxyl groups is 2. The standard InChI is InChI=1S/C19H20O5S/c20-15-16(21)19(25-13-9-5-2-6-10-13)23-14-11-22-18(24-17(14)15)12-7-3-1-4-8-12/h1-10,14-21H,11H2/t14-,15-,16-,17-,18+,19-/m1/s1. The molecule has 6 atom stereocenters. The van der Waals surface area contributed by atoms with E-state index in [4.69, 9.17) is 14.2 Å². The molecule has 0 aliphatic carbocycles. The zero-order valence-electron chi connectivity index (χ0n) is 13.5. The van der Waals surface area contributed by atoms with Crippen LogP contribution >= 0.6 is 11.8 Å².